The van der Waals surface area contributed by atoms with Gasteiger partial charge in [-0.2, -0.15) is 4.58 Å². The van der Waals surface area contributed by atoms with Gasteiger partial charge < -0.3 is 30.6 Å². The topological polar surface area (TPSA) is 253 Å². The molecule has 0 atom stereocenters. The van der Waals surface area contributed by atoms with Crippen LogP contribution in [0.4, 0.5) is 11.4 Å². The predicted molar refractivity (Wildman–Crippen MR) is 239 cm³/mol. The number of hydrogen-bond acceptors (Lipinski definition) is 13. The van der Waals surface area contributed by atoms with E-state index in [4.69, 9.17) is 5.11 Å². The number of benzene rings is 4. The third-order valence-electron chi connectivity index (χ3n) is 11.7. The van der Waals surface area contributed by atoms with Gasteiger partial charge in [0.05, 0.1) is 30.2 Å². The van der Waals surface area contributed by atoms with Crippen LogP contribution in [0.25, 0.3) is 21.5 Å². The normalized spacial score (nSPS) is 16.4. The first-order valence-electron chi connectivity index (χ1n) is 20.1. The second kappa shape index (κ2) is 22.3. The number of aliphatic carboxylic acids is 1. The summed E-state index contributed by atoms with van der Waals surface area (Å²) in [6.07, 6.45) is 9.34. The van der Waals surface area contributed by atoms with E-state index in [-0.39, 0.29) is 137 Å². The smallest absolute Gasteiger partial charge is 0.748 e. The van der Waals surface area contributed by atoms with Crippen LogP contribution in [0.2, 0.25) is 0 Å². The van der Waals surface area contributed by atoms with Crippen LogP contribution in [0.15, 0.2) is 105 Å². The molecule has 0 saturated heterocycles. The van der Waals surface area contributed by atoms with Crippen LogP contribution in [0.5, 0.6) is 0 Å². The Morgan fingerprint density at radius 1 is 0.776 bits per heavy atom. The fourth-order valence-corrected chi connectivity index (χ4v) is 12.2. The fraction of sp³-hybridized carbons (Fsp3) is 0.341. The maximum atomic E-state index is 13.8. The van der Waals surface area contributed by atoms with Gasteiger partial charge in [-0.25, -0.2) is 38.0 Å². The van der Waals surface area contributed by atoms with E-state index in [0.29, 0.717) is 46.7 Å². The Labute approximate surface area is 459 Å². The first kappa shape index (κ1) is 59.5. The zero-order valence-corrected chi connectivity index (χ0v) is 48.0. The van der Waals surface area contributed by atoms with Crippen LogP contribution < -0.4 is 93.6 Å². The Balaban J connectivity index is 0.00000397. The van der Waals surface area contributed by atoms with Gasteiger partial charge >= 0.3 is 94.6 Å². The quantitative estimate of drug-likeness (QED) is 0.0357. The predicted octanol–water partition coefficient (Wildman–Crippen LogP) is -3.37. The van der Waals surface area contributed by atoms with Crippen molar-refractivity contribution in [1.29, 1.82) is 0 Å². The summed E-state index contributed by atoms with van der Waals surface area (Å²) in [5, 5.41) is 10.2. The summed E-state index contributed by atoms with van der Waals surface area (Å²) in [6, 6.07) is 13.1. The molecular formula is C44H48N3Na3O13S4. The third kappa shape index (κ3) is 12.3. The van der Waals surface area contributed by atoms with Gasteiger partial charge in [0.2, 0.25) is 15.7 Å². The molecule has 2 aliphatic rings. The van der Waals surface area contributed by atoms with Crippen LogP contribution in [0.1, 0.15) is 64.5 Å². The van der Waals surface area contributed by atoms with E-state index >= 15 is 0 Å². The van der Waals surface area contributed by atoms with Gasteiger partial charge in [-0.3, -0.25) is 4.79 Å². The van der Waals surface area contributed by atoms with Crippen molar-refractivity contribution < 1.29 is 150 Å². The molecule has 0 spiro atoms. The Morgan fingerprint density at radius 3 is 2.01 bits per heavy atom. The molecule has 0 aliphatic carbocycles. The molecule has 2 heterocycles. The average molecular weight is 1020 g/mol. The van der Waals surface area contributed by atoms with Gasteiger partial charge in [0.1, 0.15) is 26.8 Å². The summed E-state index contributed by atoms with van der Waals surface area (Å²) in [6.45, 7) is 12.1. The molecule has 2 aliphatic heterocycles. The number of fused-ring (bicyclic) bond motifs is 6. The first-order chi connectivity index (χ1) is 29.6. The van der Waals surface area contributed by atoms with E-state index in [0.717, 1.165) is 27.3 Å². The van der Waals surface area contributed by atoms with Crippen molar-refractivity contribution in [2.75, 3.05) is 37.3 Å². The van der Waals surface area contributed by atoms with E-state index in [2.05, 4.69) is 6.92 Å². The van der Waals surface area contributed by atoms with Crippen molar-refractivity contribution in [2.24, 2.45) is 0 Å². The van der Waals surface area contributed by atoms with Crippen molar-refractivity contribution in [2.45, 2.75) is 78.9 Å². The van der Waals surface area contributed by atoms with E-state index in [1.54, 1.807) is 48.6 Å². The molecule has 4 aromatic rings. The van der Waals surface area contributed by atoms with E-state index in [1.807, 2.05) is 49.3 Å². The maximum Gasteiger partial charge on any atom is 1.00 e. The molecule has 344 valence electrons. The van der Waals surface area contributed by atoms with Gasteiger partial charge in [0, 0.05) is 77.6 Å². The van der Waals surface area contributed by atoms with Crippen molar-refractivity contribution in [3.8, 4) is 0 Å². The van der Waals surface area contributed by atoms with E-state index in [9.17, 15) is 52.1 Å². The van der Waals surface area contributed by atoms with Gasteiger partial charge in [-0.05, 0) is 79.4 Å². The summed E-state index contributed by atoms with van der Waals surface area (Å²) >= 11 is 0. The van der Waals surface area contributed by atoms with Gasteiger partial charge in [0.25, 0.3) is 0 Å². The van der Waals surface area contributed by atoms with E-state index < -0.39 is 72.7 Å². The summed E-state index contributed by atoms with van der Waals surface area (Å²) in [4.78, 5) is 11.4. The minimum atomic E-state index is -5.20. The summed E-state index contributed by atoms with van der Waals surface area (Å²) in [5.74, 6) is -1.64. The molecule has 0 amide bonds. The summed E-state index contributed by atoms with van der Waals surface area (Å²) in [5.41, 5.74) is 2.31. The molecule has 6 rings (SSSR count). The van der Waals surface area contributed by atoms with Crippen LogP contribution in [-0.4, -0.2) is 105 Å². The number of carboxylic acid groups (broad SMARTS) is 1. The molecule has 16 nitrogen and oxygen atoms in total. The second-order valence-electron chi connectivity index (χ2n) is 16.7. The Bertz CT molecular complexity index is 3190. The molecule has 0 saturated carbocycles. The summed E-state index contributed by atoms with van der Waals surface area (Å²) < 4.78 is 139. The fourth-order valence-electron chi connectivity index (χ4n) is 8.95. The average Bonchev–Trinajstić information content (AvgIpc) is 3.53. The molecule has 0 radical (unpaired) electrons. The number of rotatable bonds is 17. The monoisotopic (exact) mass is 1020 g/mol. The number of sulfonamides is 1. The molecule has 0 aromatic heterocycles. The third-order valence-corrected chi connectivity index (χ3v) is 16.1. The van der Waals surface area contributed by atoms with Gasteiger partial charge in [-0.15, -0.1) is 6.42 Å². The largest absolute Gasteiger partial charge is 1.00 e. The minimum absolute atomic E-state index is 0. The molecule has 23 heteroatoms. The molecule has 0 unspecified atom stereocenters. The number of carbonyl (C=O) groups is 1. The Hall–Kier alpha value is -1.80. The van der Waals surface area contributed by atoms with Gasteiger partial charge in [-0.1, -0.05) is 50.3 Å². The second-order valence-corrected chi connectivity index (χ2v) is 23.0. The number of carboxylic acids is 1. The van der Waals surface area contributed by atoms with Gasteiger partial charge in [0.15, 0.2) is 5.71 Å². The number of nitrogens with zero attached hydrogens (tertiary/aromatic N) is 3. The standard InChI is InChI=1S/C44H51N3O13S4.3Na/c1-7-23-46-35-22-20-31-33(27-29(63(55,56)57)28-37(31)64(58,59)60)42(35)44(4,5)38(46)16-9-8-10-17-39-43(2,3)41-32-14-11-15-36(62(53,54)45(6)24-12-18-40(48)49)30(32)19-21-34(41)47(39)25-13-26-61(50,51)52;;;/h8-11,14-17,19-22,27-28H,1,7,12-13,18,23-26H2,2-6H3,(H,48,49)(H,50,51,52)(H,55,56,57)(H,58,59,60);;;/q;3*+1/p-3. The zero-order valence-electron chi connectivity index (χ0n) is 38.8. The minimum Gasteiger partial charge on any atom is -0.748 e. The Kier molecular flexibility index (Phi) is 19.8. The van der Waals surface area contributed by atoms with Crippen molar-refractivity contribution >= 4 is 85.0 Å². The van der Waals surface area contributed by atoms with Crippen LogP contribution in [0.3, 0.4) is 0 Å². The SMILES string of the molecule is [CH2-]CC[N+]1=C(/C=C/C=C/C=C2/N(CCCS(=O)(=O)[O-])c3ccc4c(S(=O)(=O)N(C)CCCC(=O)O)cccc4c3C2(C)C)C(C)(C)c2c1ccc1c(S(=O)(=O)[O-])cc(S(=O)(=O)[O-])cc21.[Na+].[Na+].[Na+]. The van der Waals surface area contributed by atoms with Crippen LogP contribution >= 0.6 is 0 Å². The number of anilines is 1. The zero-order chi connectivity index (χ0) is 47.4. The number of allylic oxidation sites excluding steroid dienone is 6. The van der Waals surface area contributed by atoms with E-state index in [1.165, 1.54) is 19.2 Å². The molecule has 1 N–H and O–H groups in total. The number of hydrogen-bond donors (Lipinski definition) is 1. The molecule has 0 bridgehead atoms. The molecule has 0 fully saturated rings. The summed E-state index contributed by atoms with van der Waals surface area (Å²) in [7, 11) is -17.6. The van der Waals surface area contributed by atoms with Crippen molar-refractivity contribution in [1.82, 2.24) is 4.31 Å². The Morgan fingerprint density at radius 2 is 1.42 bits per heavy atom. The maximum absolute atomic E-state index is 13.8. The molecule has 67 heavy (non-hydrogen) atoms. The molecule has 4 aromatic carbocycles. The molecular weight excluding hydrogens is 976 g/mol. The van der Waals surface area contributed by atoms with Crippen molar-refractivity contribution in [3.05, 3.63) is 109 Å². The van der Waals surface area contributed by atoms with Crippen LogP contribution in [-0.2, 0) is 56.0 Å². The van der Waals surface area contributed by atoms with Crippen LogP contribution in [0, 0.1) is 6.92 Å². The first-order valence-corrected chi connectivity index (χ1v) is 26.0. The van der Waals surface area contributed by atoms with Crippen molar-refractivity contribution in [3.63, 3.8) is 0 Å².